The van der Waals surface area contributed by atoms with Crippen molar-refractivity contribution in [1.82, 2.24) is 15.1 Å². The van der Waals surface area contributed by atoms with Crippen molar-refractivity contribution in [3.63, 3.8) is 0 Å². The summed E-state index contributed by atoms with van der Waals surface area (Å²) in [5, 5.41) is 4.84. The molecule has 32 heavy (non-hydrogen) atoms. The van der Waals surface area contributed by atoms with Crippen molar-refractivity contribution in [3.8, 4) is 0 Å². The molecular formula is C24H28FN3O3S. The molecule has 1 atom stereocenters. The van der Waals surface area contributed by atoms with Gasteiger partial charge < -0.3 is 15.1 Å². The van der Waals surface area contributed by atoms with Gasteiger partial charge in [0.05, 0.1) is 4.88 Å². The smallest absolute Gasteiger partial charge is 0.262 e. The van der Waals surface area contributed by atoms with E-state index >= 15 is 0 Å². The Labute approximate surface area is 191 Å². The number of thiophene rings is 1. The molecule has 0 bridgehead atoms. The third-order valence-electron chi connectivity index (χ3n) is 6.34. The van der Waals surface area contributed by atoms with Crippen molar-refractivity contribution in [2.75, 3.05) is 26.2 Å². The van der Waals surface area contributed by atoms with Crippen LogP contribution < -0.4 is 5.32 Å². The Balaban J connectivity index is 1.44. The topological polar surface area (TPSA) is 69.7 Å². The van der Waals surface area contributed by atoms with E-state index in [1.165, 1.54) is 29.5 Å². The number of nitrogens with zero attached hydrogens (tertiary/aromatic N) is 2. The van der Waals surface area contributed by atoms with Crippen molar-refractivity contribution in [1.29, 1.82) is 0 Å². The van der Waals surface area contributed by atoms with Gasteiger partial charge in [-0.3, -0.25) is 14.4 Å². The van der Waals surface area contributed by atoms with E-state index in [0.29, 0.717) is 36.4 Å². The highest BCUT2D eigenvalue weighted by Gasteiger charge is 2.36. The molecule has 1 aromatic heterocycles. The van der Waals surface area contributed by atoms with Gasteiger partial charge in [0.1, 0.15) is 11.9 Å². The molecular weight excluding hydrogens is 429 g/mol. The summed E-state index contributed by atoms with van der Waals surface area (Å²) < 4.78 is 13.5. The first-order valence-electron chi connectivity index (χ1n) is 11.2. The van der Waals surface area contributed by atoms with Crippen molar-refractivity contribution in [3.05, 3.63) is 58.0 Å². The zero-order valence-corrected chi connectivity index (χ0v) is 18.8. The van der Waals surface area contributed by atoms with E-state index in [1.54, 1.807) is 17.0 Å². The van der Waals surface area contributed by atoms with E-state index in [4.69, 9.17) is 0 Å². The molecule has 2 aliphatic rings. The molecule has 8 heteroatoms. The van der Waals surface area contributed by atoms with Crippen LogP contribution in [-0.4, -0.2) is 59.7 Å². The molecule has 0 unspecified atom stereocenters. The summed E-state index contributed by atoms with van der Waals surface area (Å²) in [6.07, 6.45) is 4.30. The molecule has 4 rings (SSSR count). The van der Waals surface area contributed by atoms with Crippen LogP contribution in [0.2, 0.25) is 0 Å². The first-order valence-corrected chi connectivity index (χ1v) is 12.1. The highest BCUT2D eigenvalue weighted by Crippen LogP contribution is 2.25. The minimum Gasteiger partial charge on any atom is -0.341 e. The Morgan fingerprint density at radius 2 is 1.72 bits per heavy atom. The molecule has 0 spiro atoms. The fourth-order valence-electron chi connectivity index (χ4n) is 4.55. The molecule has 170 valence electrons. The summed E-state index contributed by atoms with van der Waals surface area (Å²) in [6, 6.07) is 8.67. The SMILES string of the molecule is O=C(N[C@@H](C(=O)N1CCCCC1)C1CCN(C(=O)c2cccc(F)c2)CC1)c1cccs1. The van der Waals surface area contributed by atoms with Crippen molar-refractivity contribution < 1.29 is 18.8 Å². The van der Waals surface area contributed by atoms with Crippen LogP contribution in [-0.2, 0) is 4.79 Å². The zero-order valence-electron chi connectivity index (χ0n) is 18.0. The Morgan fingerprint density at radius 1 is 0.969 bits per heavy atom. The lowest BCUT2D eigenvalue weighted by molar-refractivity contribution is -0.136. The second kappa shape index (κ2) is 10.3. The van der Waals surface area contributed by atoms with Crippen LogP contribution >= 0.6 is 11.3 Å². The number of nitrogens with one attached hydrogen (secondary N) is 1. The number of halogens is 1. The van der Waals surface area contributed by atoms with E-state index in [0.717, 1.165) is 32.4 Å². The maximum Gasteiger partial charge on any atom is 0.262 e. The van der Waals surface area contributed by atoms with E-state index < -0.39 is 11.9 Å². The van der Waals surface area contributed by atoms with Gasteiger partial charge in [-0.25, -0.2) is 4.39 Å². The Kier molecular flexibility index (Phi) is 7.19. The summed E-state index contributed by atoms with van der Waals surface area (Å²) in [4.78, 5) is 43.0. The second-order valence-corrected chi connectivity index (χ2v) is 9.40. The molecule has 3 heterocycles. The first kappa shape index (κ1) is 22.5. The van der Waals surface area contributed by atoms with Gasteiger partial charge >= 0.3 is 0 Å². The summed E-state index contributed by atoms with van der Waals surface area (Å²) in [5.74, 6) is -0.943. The number of rotatable bonds is 5. The largest absolute Gasteiger partial charge is 0.341 e. The third kappa shape index (κ3) is 5.18. The maximum absolute atomic E-state index is 13.5. The lowest BCUT2D eigenvalue weighted by Crippen LogP contribution is -2.55. The lowest BCUT2D eigenvalue weighted by atomic mass is 9.87. The molecule has 2 fully saturated rings. The Morgan fingerprint density at radius 3 is 2.38 bits per heavy atom. The van der Waals surface area contributed by atoms with Crippen LogP contribution in [0.15, 0.2) is 41.8 Å². The van der Waals surface area contributed by atoms with Gasteiger partial charge in [-0.2, -0.15) is 0 Å². The monoisotopic (exact) mass is 457 g/mol. The highest BCUT2D eigenvalue weighted by molar-refractivity contribution is 7.12. The number of likely N-dealkylation sites (tertiary alicyclic amines) is 2. The van der Waals surface area contributed by atoms with Gasteiger partial charge in [0.2, 0.25) is 5.91 Å². The van der Waals surface area contributed by atoms with Gasteiger partial charge in [0.25, 0.3) is 11.8 Å². The van der Waals surface area contributed by atoms with Crippen LogP contribution in [0.5, 0.6) is 0 Å². The first-order chi connectivity index (χ1) is 15.5. The maximum atomic E-state index is 13.5. The molecule has 0 aliphatic carbocycles. The highest BCUT2D eigenvalue weighted by atomic mass is 32.1. The number of carbonyl (C=O) groups excluding carboxylic acids is 3. The number of hydrogen-bond donors (Lipinski definition) is 1. The number of piperidine rings is 2. The van der Waals surface area contributed by atoms with Crippen molar-refractivity contribution in [2.45, 2.75) is 38.1 Å². The van der Waals surface area contributed by atoms with E-state index in [2.05, 4.69) is 5.32 Å². The predicted octanol–water partition coefficient (Wildman–Crippen LogP) is 3.55. The van der Waals surface area contributed by atoms with E-state index in [1.807, 2.05) is 16.3 Å². The van der Waals surface area contributed by atoms with Crippen LogP contribution in [0.1, 0.15) is 52.1 Å². The summed E-state index contributed by atoms with van der Waals surface area (Å²) >= 11 is 1.35. The summed E-state index contributed by atoms with van der Waals surface area (Å²) in [5.41, 5.74) is 0.329. The minimum atomic E-state index is -0.603. The standard InChI is InChI=1S/C24H28FN3O3S/c25-19-7-4-6-18(16-19)23(30)28-13-9-17(10-14-28)21(24(31)27-11-2-1-3-12-27)26-22(29)20-8-5-15-32-20/h4-8,15-17,21H,1-3,9-14H2,(H,26,29)/t21-/m1/s1. The van der Waals surface area contributed by atoms with Crippen molar-refractivity contribution >= 4 is 29.1 Å². The number of benzene rings is 1. The summed E-state index contributed by atoms with van der Waals surface area (Å²) in [6.45, 7) is 2.39. The molecule has 6 nitrogen and oxygen atoms in total. The van der Waals surface area contributed by atoms with Crippen LogP contribution in [0.25, 0.3) is 0 Å². The molecule has 2 saturated heterocycles. The lowest BCUT2D eigenvalue weighted by Gasteiger charge is -2.38. The van der Waals surface area contributed by atoms with E-state index in [9.17, 15) is 18.8 Å². The molecule has 2 aromatic rings. The van der Waals surface area contributed by atoms with Gasteiger partial charge in [-0.15, -0.1) is 11.3 Å². The Bertz CT molecular complexity index is 951. The molecule has 3 amide bonds. The predicted molar refractivity (Wildman–Crippen MR) is 121 cm³/mol. The molecule has 2 aliphatic heterocycles. The minimum absolute atomic E-state index is 0.0236. The fraction of sp³-hybridized carbons (Fsp3) is 0.458. The van der Waals surface area contributed by atoms with Gasteiger partial charge in [-0.1, -0.05) is 12.1 Å². The number of hydrogen-bond acceptors (Lipinski definition) is 4. The van der Waals surface area contributed by atoms with Crippen molar-refractivity contribution in [2.24, 2.45) is 5.92 Å². The second-order valence-electron chi connectivity index (χ2n) is 8.45. The molecule has 0 radical (unpaired) electrons. The number of carbonyl (C=O) groups is 3. The van der Waals surface area contributed by atoms with Crippen LogP contribution in [0.3, 0.4) is 0 Å². The molecule has 1 N–H and O–H groups in total. The van der Waals surface area contributed by atoms with Gasteiger partial charge in [0, 0.05) is 31.7 Å². The van der Waals surface area contributed by atoms with Gasteiger partial charge in [0.15, 0.2) is 0 Å². The normalized spacial score (nSPS) is 18.3. The Hall–Kier alpha value is -2.74. The molecule has 1 aromatic carbocycles. The van der Waals surface area contributed by atoms with Crippen LogP contribution in [0.4, 0.5) is 4.39 Å². The van der Waals surface area contributed by atoms with Gasteiger partial charge in [-0.05, 0) is 67.7 Å². The quantitative estimate of drug-likeness (QED) is 0.747. The van der Waals surface area contributed by atoms with Crippen LogP contribution in [0, 0.1) is 11.7 Å². The average Bonchev–Trinajstić information content (AvgIpc) is 3.37. The third-order valence-corrected chi connectivity index (χ3v) is 7.20. The van der Waals surface area contributed by atoms with E-state index in [-0.39, 0.29) is 23.6 Å². The zero-order chi connectivity index (χ0) is 22.5. The summed E-state index contributed by atoms with van der Waals surface area (Å²) in [7, 11) is 0. The molecule has 0 saturated carbocycles. The fourth-order valence-corrected chi connectivity index (χ4v) is 5.18. The number of amides is 3. The average molecular weight is 458 g/mol.